The number of amides is 1. The Balaban J connectivity index is 1.34. The van der Waals surface area contributed by atoms with Gasteiger partial charge in [0, 0.05) is 36.9 Å². The van der Waals surface area contributed by atoms with E-state index < -0.39 is 11.4 Å². The smallest absolute Gasteiger partial charge is 0.253 e. The number of H-pyrrole nitrogens is 1. The highest BCUT2D eigenvalue weighted by Crippen LogP contribution is 2.42. The number of nitrogens with one attached hydrogen (secondary N) is 1. The van der Waals surface area contributed by atoms with Crippen LogP contribution in [0.25, 0.3) is 10.9 Å². The van der Waals surface area contributed by atoms with E-state index in [1.165, 1.54) is 13.2 Å². The number of hydrogen-bond donors (Lipinski definition) is 1. The molecule has 1 spiro atoms. The van der Waals surface area contributed by atoms with Crippen LogP contribution in [0.5, 0.6) is 11.5 Å². The van der Waals surface area contributed by atoms with Gasteiger partial charge in [-0.3, -0.25) is 14.7 Å². The molecule has 0 atom stereocenters. The molecule has 0 unspecified atom stereocenters. The van der Waals surface area contributed by atoms with Crippen molar-refractivity contribution < 1.29 is 23.5 Å². The number of aromatic amines is 1. The molecule has 1 aromatic heterocycles. The molecular weight excluding hydrogens is 401 g/mol. The number of piperidine rings is 1. The summed E-state index contributed by atoms with van der Waals surface area (Å²) in [5, 5.41) is 7.88. The van der Waals surface area contributed by atoms with Crippen LogP contribution in [0.15, 0.2) is 30.5 Å². The van der Waals surface area contributed by atoms with Crippen molar-refractivity contribution in [1.82, 2.24) is 15.1 Å². The van der Waals surface area contributed by atoms with E-state index in [4.69, 9.17) is 9.47 Å². The first-order valence-electron chi connectivity index (χ1n) is 10.2. The molecule has 2 aliphatic rings. The number of Topliss-reactive ketones (excluding diaryl/α,β-unsaturated/α-hetero) is 1. The number of rotatable bonds is 2. The predicted molar refractivity (Wildman–Crippen MR) is 111 cm³/mol. The molecule has 2 aromatic carbocycles. The number of likely N-dealkylation sites (tertiary alicyclic amines) is 1. The average molecular weight is 423 g/mol. The molecule has 8 heteroatoms. The fourth-order valence-electron chi connectivity index (χ4n) is 4.63. The number of aryl methyl sites for hydroxylation is 1. The van der Waals surface area contributed by atoms with Gasteiger partial charge < -0.3 is 14.4 Å². The molecule has 3 heterocycles. The van der Waals surface area contributed by atoms with Gasteiger partial charge in [0.25, 0.3) is 5.91 Å². The molecule has 31 heavy (non-hydrogen) atoms. The highest BCUT2D eigenvalue weighted by atomic mass is 19.1. The third-order valence-corrected chi connectivity index (χ3v) is 6.33. The van der Waals surface area contributed by atoms with E-state index >= 15 is 0 Å². The fraction of sp³-hybridized carbons (Fsp3) is 0.348. The van der Waals surface area contributed by atoms with Gasteiger partial charge in [0.2, 0.25) is 0 Å². The summed E-state index contributed by atoms with van der Waals surface area (Å²) >= 11 is 0. The number of ether oxygens (including phenoxy) is 2. The topological polar surface area (TPSA) is 84.5 Å². The third-order valence-electron chi connectivity index (χ3n) is 6.33. The number of methoxy groups -OCH3 is 1. The lowest BCUT2D eigenvalue weighted by atomic mass is 9.82. The van der Waals surface area contributed by atoms with Gasteiger partial charge in [-0.15, -0.1) is 0 Å². The summed E-state index contributed by atoms with van der Waals surface area (Å²) in [4.78, 5) is 27.6. The first kappa shape index (κ1) is 19.5. The molecule has 1 saturated heterocycles. The normalized spacial score (nSPS) is 17.5. The van der Waals surface area contributed by atoms with E-state index in [0.29, 0.717) is 31.5 Å². The summed E-state index contributed by atoms with van der Waals surface area (Å²) in [6.45, 7) is 2.86. The van der Waals surface area contributed by atoms with Crippen LogP contribution in [0, 0.1) is 12.7 Å². The van der Waals surface area contributed by atoms with Crippen molar-refractivity contribution in [2.45, 2.75) is 31.8 Å². The van der Waals surface area contributed by atoms with Crippen LogP contribution < -0.4 is 9.47 Å². The van der Waals surface area contributed by atoms with Crippen molar-refractivity contribution >= 4 is 22.6 Å². The molecular formula is C23H22FN3O4. The van der Waals surface area contributed by atoms with Gasteiger partial charge in [-0.1, -0.05) is 0 Å². The second kappa shape index (κ2) is 7.08. The van der Waals surface area contributed by atoms with Crippen molar-refractivity contribution in [3.05, 3.63) is 53.0 Å². The molecule has 160 valence electrons. The maximum Gasteiger partial charge on any atom is 0.253 e. The maximum absolute atomic E-state index is 14.6. The van der Waals surface area contributed by atoms with Crippen LogP contribution in [0.2, 0.25) is 0 Å². The molecule has 5 rings (SSSR count). The van der Waals surface area contributed by atoms with Gasteiger partial charge in [0.15, 0.2) is 17.3 Å². The van der Waals surface area contributed by atoms with Crippen LogP contribution in [-0.2, 0) is 0 Å². The lowest BCUT2D eigenvalue weighted by Gasteiger charge is -2.44. The van der Waals surface area contributed by atoms with E-state index in [0.717, 1.165) is 16.5 Å². The molecule has 1 fully saturated rings. The molecule has 0 bridgehead atoms. The van der Waals surface area contributed by atoms with Crippen LogP contribution in [-0.4, -0.2) is 52.6 Å². The zero-order valence-electron chi connectivity index (χ0n) is 17.3. The summed E-state index contributed by atoms with van der Waals surface area (Å²) in [6.07, 6.45) is 2.80. The van der Waals surface area contributed by atoms with Gasteiger partial charge in [-0.05, 0) is 36.8 Å². The molecule has 1 N–H and O–H groups in total. The van der Waals surface area contributed by atoms with E-state index in [1.54, 1.807) is 17.2 Å². The number of ketones is 1. The minimum absolute atomic E-state index is 0.0250. The zero-order valence-corrected chi connectivity index (χ0v) is 17.3. The molecule has 0 radical (unpaired) electrons. The van der Waals surface area contributed by atoms with Crippen molar-refractivity contribution in [3.63, 3.8) is 0 Å². The van der Waals surface area contributed by atoms with Crippen molar-refractivity contribution in [2.75, 3.05) is 20.2 Å². The van der Waals surface area contributed by atoms with E-state index in [-0.39, 0.29) is 35.2 Å². The Bertz CT molecular complexity index is 1210. The number of fused-ring (bicyclic) bond motifs is 2. The predicted octanol–water partition coefficient (Wildman–Crippen LogP) is 3.66. The minimum Gasteiger partial charge on any atom is -0.494 e. The molecule has 1 amide bonds. The van der Waals surface area contributed by atoms with Crippen molar-refractivity contribution in [1.29, 1.82) is 0 Å². The standard InChI is InChI=1S/C23H22FN3O4/c1-13-9-14(10-15-12-25-26-21(13)15)22(29)27-7-5-23(6-8-27)11-16(28)19-17(31-23)3-4-18(30-2)20(19)24/h3-4,9-10,12H,5-8,11H2,1-2H3,(H,25,26). The second-order valence-corrected chi connectivity index (χ2v) is 8.26. The Labute approximate surface area is 178 Å². The van der Waals surface area contributed by atoms with E-state index in [2.05, 4.69) is 10.2 Å². The SMILES string of the molecule is COc1ccc2c(c1F)C(=O)CC1(CCN(C(=O)c3cc(C)c4[nH]ncc4c3)CC1)O2. The van der Waals surface area contributed by atoms with Gasteiger partial charge >= 0.3 is 0 Å². The molecule has 0 aliphatic carbocycles. The Morgan fingerprint density at radius 1 is 1.29 bits per heavy atom. The minimum atomic E-state index is -0.716. The summed E-state index contributed by atoms with van der Waals surface area (Å²) in [5.74, 6) is -0.761. The summed E-state index contributed by atoms with van der Waals surface area (Å²) in [6, 6.07) is 6.75. The van der Waals surface area contributed by atoms with E-state index in [1.807, 2.05) is 19.1 Å². The number of aromatic nitrogens is 2. The van der Waals surface area contributed by atoms with Crippen LogP contribution in [0.1, 0.15) is 45.5 Å². The van der Waals surface area contributed by atoms with E-state index in [9.17, 15) is 14.0 Å². The van der Waals surface area contributed by atoms with Crippen molar-refractivity contribution in [2.24, 2.45) is 0 Å². The molecule has 0 saturated carbocycles. The van der Waals surface area contributed by atoms with Gasteiger partial charge in [-0.2, -0.15) is 5.10 Å². The summed E-state index contributed by atoms with van der Waals surface area (Å²) in [7, 11) is 1.36. The van der Waals surface area contributed by atoms with Crippen LogP contribution in [0.4, 0.5) is 4.39 Å². The third kappa shape index (κ3) is 3.13. The van der Waals surface area contributed by atoms with Gasteiger partial charge in [0.05, 0.1) is 30.8 Å². The summed E-state index contributed by atoms with van der Waals surface area (Å²) in [5.41, 5.74) is 1.73. The van der Waals surface area contributed by atoms with Crippen LogP contribution in [0.3, 0.4) is 0 Å². The number of carbonyl (C=O) groups is 2. The molecule has 7 nitrogen and oxygen atoms in total. The van der Waals surface area contributed by atoms with Gasteiger partial charge in [-0.25, -0.2) is 4.39 Å². The fourth-order valence-corrected chi connectivity index (χ4v) is 4.63. The Kier molecular flexibility index (Phi) is 4.46. The maximum atomic E-state index is 14.6. The Morgan fingerprint density at radius 3 is 2.81 bits per heavy atom. The average Bonchev–Trinajstić information content (AvgIpc) is 3.23. The second-order valence-electron chi connectivity index (χ2n) is 8.26. The lowest BCUT2D eigenvalue weighted by molar-refractivity contribution is -0.00628. The number of benzene rings is 2. The number of hydrogen-bond acceptors (Lipinski definition) is 5. The first-order chi connectivity index (χ1) is 14.9. The van der Waals surface area contributed by atoms with Gasteiger partial charge in [0.1, 0.15) is 11.4 Å². The molecule has 3 aromatic rings. The highest BCUT2D eigenvalue weighted by molar-refractivity contribution is 6.01. The van der Waals surface area contributed by atoms with Crippen LogP contribution >= 0.6 is 0 Å². The molecule has 2 aliphatic heterocycles. The number of halogens is 1. The van der Waals surface area contributed by atoms with Crippen molar-refractivity contribution in [3.8, 4) is 11.5 Å². The lowest BCUT2D eigenvalue weighted by Crippen LogP contribution is -2.52. The first-order valence-corrected chi connectivity index (χ1v) is 10.2. The number of nitrogens with zero attached hydrogens (tertiary/aromatic N) is 2. The monoisotopic (exact) mass is 423 g/mol. The highest BCUT2D eigenvalue weighted by Gasteiger charge is 2.45. The zero-order chi connectivity index (χ0) is 21.8. The summed E-state index contributed by atoms with van der Waals surface area (Å²) < 4.78 is 25.7. The quantitative estimate of drug-likeness (QED) is 0.680. The Hall–Kier alpha value is -3.42. The Morgan fingerprint density at radius 2 is 2.06 bits per heavy atom. The largest absolute Gasteiger partial charge is 0.494 e. The number of carbonyl (C=O) groups excluding carboxylic acids is 2.